The average molecular weight is 468 g/mol. The number of rotatable bonds is 9. The number of amides is 1. The number of thiophene rings is 1. The molecule has 3 aromatic rings. The van der Waals surface area contributed by atoms with E-state index in [1.165, 1.54) is 10.4 Å². The number of aliphatic carboxylic acids is 1. The van der Waals surface area contributed by atoms with Crippen LogP contribution in [0.4, 0.5) is 0 Å². The number of carboxylic acids is 1. The summed E-state index contributed by atoms with van der Waals surface area (Å²) < 4.78 is 11.4. The third kappa shape index (κ3) is 5.88. The number of aromatic nitrogens is 1. The van der Waals surface area contributed by atoms with Crippen molar-refractivity contribution in [3.63, 3.8) is 0 Å². The van der Waals surface area contributed by atoms with Crippen molar-refractivity contribution < 1.29 is 24.2 Å². The van der Waals surface area contributed by atoms with Crippen molar-refractivity contribution in [1.82, 2.24) is 15.2 Å². The van der Waals surface area contributed by atoms with E-state index in [1.807, 2.05) is 24.3 Å². The van der Waals surface area contributed by atoms with Gasteiger partial charge in [-0.1, -0.05) is 12.1 Å². The van der Waals surface area contributed by atoms with E-state index in [2.05, 4.69) is 10.3 Å². The summed E-state index contributed by atoms with van der Waals surface area (Å²) in [7, 11) is 1.77. The molecule has 1 aliphatic rings. The van der Waals surface area contributed by atoms with Gasteiger partial charge in [-0.05, 0) is 47.9 Å². The fourth-order valence-corrected chi connectivity index (χ4v) is 4.77. The van der Waals surface area contributed by atoms with Gasteiger partial charge in [0.2, 0.25) is 0 Å². The molecule has 1 atom stereocenters. The van der Waals surface area contributed by atoms with Gasteiger partial charge in [0.1, 0.15) is 17.6 Å². The summed E-state index contributed by atoms with van der Waals surface area (Å²) in [5.74, 6) is -0.0469. The third-order valence-corrected chi connectivity index (χ3v) is 6.49. The van der Waals surface area contributed by atoms with E-state index in [0.717, 1.165) is 30.0 Å². The van der Waals surface area contributed by atoms with E-state index in [-0.39, 0.29) is 5.91 Å². The highest BCUT2D eigenvalue weighted by molar-refractivity contribution is 7.14. The van der Waals surface area contributed by atoms with Crippen LogP contribution in [0.2, 0.25) is 0 Å². The lowest BCUT2D eigenvalue weighted by molar-refractivity contribution is -0.139. The van der Waals surface area contributed by atoms with Crippen LogP contribution in [-0.4, -0.2) is 53.6 Å². The normalized spacial score (nSPS) is 13.6. The summed E-state index contributed by atoms with van der Waals surface area (Å²) in [5, 5.41) is 12.1. The molecule has 0 fully saturated rings. The Kier molecular flexibility index (Phi) is 7.21. The number of fused-ring (bicyclic) bond motifs is 1. The summed E-state index contributed by atoms with van der Waals surface area (Å²) in [6, 6.07) is 12.6. The van der Waals surface area contributed by atoms with Gasteiger partial charge in [0, 0.05) is 31.2 Å². The quantitative estimate of drug-likeness (QED) is 0.499. The van der Waals surface area contributed by atoms with E-state index in [4.69, 9.17) is 14.6 Å². The highest BCUT2D eigenvalue weighted by Crippen LogP contribution is 2.28. The first-order valence-corrected chi connectivity index (χ1v) is 11.4. The van der Waals surface area contributed by atoms with Crippen LogP contribution in [0.25, 0.3) is 0 Å². The lowest BCUT2D eigenvalue weighted by Crippen LogP contribution is -2.32. The zero-order valence-electron chi connectivity index (χ0n) is 18.2. The molecule has 0 saturated heterocycles. The molecule has 0 bridgehead atoms. The number of pyridine rings is 1. The Bertz CT molecular complexity index is 1080. The molecule has 0 radical (unpaired) electrons. The first-order valence-electron chi connectivity index (χ1n) is 10.6. The van der Waals surface area contributed by atoms with E-state index in [9.17, 15) is 9.59 Å². The van der Waals surface area contributed by atoms with Gasteiger partial charge in [0.15, 0.2) is 6.61 Å². The van der Waals surface area contributed by atoms with Crippen LogP contribution in [0.1, 0.15) is 31.8 Å². The highest BCUT2D eigenvalue weighted by atomic mass is 32.1. The molecule has 3 heterocycles. The monoisotopic (exact) mass is 467 g/mol. The summed E-state index contributed by atoms with van der Waals surface area (Å²) in [4.78, 5) is 31.6. The molecule has 2 aromatic heterocycles. The lowest BCUT2D eigenvalue weighted by Gasteiger charge is -2.25. The summed E-state index contributed by atoms with van der Waals surface area (Å²) in [6.45, 7) is 1.65. The number of likely N-dealkylation sites (N-methyl/N-ethyl adjacent to an activating group) is 1. The molecule has 0 spiro atoms. The van der Waals surface area contributed by atoms with Gasteiger partial charge >= 0.3 is 5.97 Å². The molecule has 0 aliphatic carbocycles. The Morgan fingerprint density at radius 2 is 2.06 bits per heavy atom. The molecule has 172 valence electrons. The molecule has 1 amide bonds. The summed E-state index contributed by atoms with van der Waals surface area (Å²) in [6.07, 6.45) is 3.78. The van der Waals surface area contributed by atoms with E-state index < -0.39 is 18.7 Å². The Morgan fingerprint density at radius 1 is 1.24 bits per heavy atom. The standard InChI is InChI=1S/C24H25N3O5S/c1-27(24(30)22-11-17-12-26-10-8-21(17)33-22)14-20(32-19-3-2-9-25-13-19)16-4-6-18(7-5-16)31-15-23(28)29/h2-7,9,11,13,20,26H,8,10,12,14-15H2,1H3,(H,28,29). The molecule has 2 N–H and O–H groups in total. The zero-order chi connectivity index (χ0) is 23.2. The lowest BCUT2D eigenvalue weighted by atomic mass is 10.1. The maximum atomic E-state index is 13.2. The van der Waals surface area contributed by atoms with Crippen LogP contribution in [0, 0.1) is 0 Å². The third-order valence-electron chi connectivity index (χ3n) is 5.27. The van der Waals surface area contributed by atoms with Crippen LogP contribution >= 0.6 is 11.3 Å². The van der Waals surface area contributed by atoms with Crippen molar-refractivity contribution in [2.24, 2.45) is 0 Å². The summed E-state index contributed by atoms with van der Waals surface area (Å²) >= 11 is 1.56. The maximum Gasteiger partial charge on any atom is 0.341 e. The molecule has 9 heteroatoms. The average Bonchev–Trinajstić information content (AvgIpc) is 3.27. The smallest absolute Gasteiger partial charge is 0.341 e. The molecule has 1 aliphatic heterocycles. The Balaban J connectivity index is 1.51. The van der Waals surface area contributed by atoms with Crippen LogP contribution < -0.4 is 14.8 Å². The number of nitrogens with zero attached hydrogens (tertiary/aromatic N) is 2. The topological polar surface area (TPSA) is 101 Å². The molecular formula is C24H25N3O5S. The number of benzene rings is 1. The van der Waals surface area contributed by atoms with Crippen molar-refractivity contribution in [2.75, 3.05) is 26.7 Å². The largest absolute Gasteiger partial charge is 0.482 e. The Morgan fingerprint density at radius 3 is 2.76 bits per heavy atom. The minimum absolute atomic E-state index is 0.0457. The number of carbonyl (C=O) groups is 2. The van der Waals surface area contributed by atoms with E-state index in [1.54, 1.807) is 53.9 Å². The predicted octanol–water partition coefficient (Wildman–Crippen LogP) is 3.14. The molecule has 8 nitrogen and oxygen atoms in total. The van der Waals surface area contributed by atoms with Gasteiger partial charge in [-0.3, -0.25) is 9.78 Å². The Hall–Kier alpha value is -3.43. The zero-order valence-corrected chi connectivity index (χ0v) is 19.0. The van der Waals surface area contributed by atoms with Gasteiger partial charge in [0.05, 0.1) is 17.6 Å². The molecule has 1 unspecified atom stereocenters. The van der Waals surface area contributed by atoms with Crippen molar-refractivity contribution in [2.45, 2.75) is 19.1 Å². The molecule has 33 heavy (non-hydrogen) atoms. The van der Waals surface area contributed by atoms with Gasteiger partial charge in [-0.2, -0.15) is 0 Å². The minimum Gasteiger partial charge on any atom is -0.482 e. The van der Waals surface area contributed by atoms with E-state index in [0.29, 0.717) is 18.0 Å². The number of hydrogen-bond acceptors (Lipinski definition) is 7. The van der Waals surface area contributed by atoms with Crippen LogP contribution in [0.3, 0.4) is 0 Å². The molecule has 0 saturated carbocycles. The number of ether oxygens (including phenoxy) is 2. The second-order valence-electron chi connectivity index (χ2n) is 7.72. The fourth-order valence-electron chi connectivity index (χ4n) is 3.59. The summed E-state index contributed by atoms with van der Waals surface area (Å²) in [5.41, 5.74) is 2.03. The SMILES string of the molecule is CN(CC(Oc1cccnc1)c1ccc(OCC(=O)O)cc1)C(=O)c1cc2c(s1)CCNC2. The molecule has 4 rings (SSSR count). The van der Waals surface area contributed by atoms with Crippen LogP contribution in [0.15, 0.2) is 54.9 Å². The predicted molar refractivity (Wildman–Crippen MR) is 124 cm³/mol. The van der Waals surface area contributed by atoms with Gasteiger partial charge in [-0.25, -0.2) is 4.79 Å². The van der Waals surface area contributed by atoms with Crippen molar-refractivity contribution >= 4 is 23.2 Å². The van der Waals surface area contributed by atoms with Gasteiger partial charge in [0.25, 0.3) is 5.91 Å². The first kappa shape index (κ1) is 22.8. The van der Waals surface area contributed by atoms with Gasteiger partial charge in [-0.15, -0.1) is 11.3 Å². The highest BCUT2D eigenvalue weighted by Gasteiger charge is 2.23. The van der Waals surface area contributed by atoms with Crippen molar-refractivity contribution in [3.8, 4) is 11.5 Å². The number of carbonyl (C=O) groups excluding carboxylic acids is 1. The maximum absolute atomic E-state index is 13.2. The number of carboxylic acid groups (broad SMARTS) is 1. The fraction of sp³-hybridized carbons (Fsp3) is 0.292. The molecule has 1 aromatic carbocycles. The second-order valence-corrected chi connectivity index (χ2v) is 8.85. The first-order chi connectivity index (χ1) is 16.0. The van der Waals surface area contributed by atoms with Gasteiger partial charge < -0.3 is 24.8 Å². The van der Waals surface area contributed by atoms with Crippen LogP contribution in [0.5, 0.6) is 11.5 Å². The number of hydrogen-bond donors (Lipinski definition) is 2. The van der Waals surface area contributed by atoms with Crippen molar-refractivity contribution in [1.29, 1.82) is 0 Å². The Labute approximate surface area is 195 Å². The number of nitrogens with one attached hydrogen (secondary N) is 1. The van der Waals surface area contributed by atoms with Crippen molar-refractivity contribution in [3.05, 3.63) is 75.7 Å². The van der Waals surface area contributed by atoms with Crippen LogP contribution in [-0.2, 0) is 17.8 Å². The van der Waals surface area contributed by atoms with E-state index >= 15 is 0 Å². The minimum atomic E-state index is -1.04. The molecular weight excluding hydrogens is 442 g/mol. The second kappa shape index (κ2) is 10.5.